The first-order valence-corrected chi connectivity index (χ1v) is 8.47. The number of aromatic nitrogens is 1. The standard InChI is InChI=1S/C22H16ClNO/c1-24-19-13-12-17(23)14-18(19)20(21(24)15-8-4-2-5-9-15)22(25)16-10-6-3-7-11-16/h2-14H,1H3. The Kier molecular flexibility index (Phi) is 3.90. The van der Waals surface area contributed by atoms with Crippen LogP contribution >= 0.6 is 11.6 Å². The van der Waals surface area contributed by atoms with Crippen LogP contribution in [0.3, 0.4) is 0 Å². The number of hydrogen-bond acceptors (Lipinski definition) is 1. The van der Waals surface area contributed by atoms with Crippen molar-refractivity contribution in [3.63, 3.8) is 0 Å². The van der Waals surface area contributed by atoms with Crippen molar-refractivity contribution in [2.75, 3.05) is 0 Å². The van der Waals surface area contributed by atoms with Gasteiger partial charge in [-0.3, -0.25) is 4.79 Å². The van der Waals surface area contributed by atoms with Crippen LogP contribution in [0.1, 0.15) is 15.9 Å². The summed E-state index contributed by atoms with van der Waals surface area (Å²) in [5.41, 5.74) is 4.27. The molecule has 3 heteroatoms. The zero-order valence-corrected chi connectivity index (χ0v) is 14.5. The van der Waals surface area contributed by atoms with Crippen molar-refractivity contribution in [1.82, 2.24) is 4.57 Å². The van der Waals surface area contributed by atoms with E-state index in [9.17, 15) is 4.79 Å². The molecule has 0 saturated carbocycles. The molecule has 0 aliphatic rings. The fourth-order valence-corrected chi connectivity index (χ4v) is 3.49. The second-order valence-corrected chi connectivity index (χ2v) is 6.44. The van der Waals surface area contributed by atoms with Crippen molar-refractivity contribution >= 4 is 28.3 Å². The van der Waals surface area contributed by atoms with Crippen molar-refractivity contribution in [1.29, 1.82) is 0 Å². The quantitative estimate of drug-likeness (QED) is 0.434. The van der Waals surface area contributed by atoms with Crippen molar-refractivity contribution in [2.24, 2.45) is 7.05 Å². The average molecular weight is 346 g/mol. The van der Waals surface area contributed by atoms with Gasteiger partial charge in [0.2, 0.25) is 0 Å². The third kappa shape index (κ3) is 2.65. The summed E-state index contributed by atoms with van der Waals surface area (Å²) in [4.78, 5) is 13.3. The summed E-state index contributed by atoms with van der Waals surface area (Å²) in [5, 5.41) is 1.50. The highest BCUT2D eigenvalue weighted by Gasteiger charge is 2.23. The number of nitrogens with zero attached hydrogens (tertiary/aromatic N) is 1. The molecule has 0 atom stereocenters. The van der Waals surface area contributed by atoms with Gasteiger partial charge in [0.25, 0.3) is 0 Å². The number of carbonyl (C=O) groups excluding carboxylic acids is 1. The monoisotopic (exact) mass is 345 g/mol. The van der Waals surface area contributed by atoms with E-state index in [1.165, 1.54) is 0 Å². The van der Waals surface area contributed by atoms with Crippen molar-refractivity contribution in [3.05, 3.63) is 95.0 Å². The Hall–Kier alpha value is -2.84. The Labute approximate surface area is 151 Å². The topological polar surface area (TPSA) is 22.0 Å². The lowest BCUT2D eigenvalue weighted by Gasteiger charge is -2.08. The van der Waals surface area contributed by atoms with Gasteiger partial charge in [-0.15, -0.1) is 0 Å². The molecule has 0 unspecified atom stereocenters. The van der Waals surface area contributed by atoms with Crippen molar-refractivity contribution in [2.45, 2.75) is 0 Å². The number of halogens is 1. The first-order valence-electron chi connectivity index (χ1n) is 8.10. The number of rotatable bonds is 3. The maximum absolute atomic E-state index is 13.3. The summed E-state index contributed by atoms with van der Waals surface area (Å²) < 4.78 is 2.07. The number of aryl methyl sites for hydroxylation is 1. The summed E-state index contributed by atoms with van der Waals surface area (Å²) in [6.45, 7) is 0. The molecule has 0 fully saturated rings. The van der Waals surface area contributed by atoms with E-state index in [2.05, 4.69) is 4.57 Å². The highest BCUT2D eigenvalue weighted by atomic mass is 35.5. The third-order valence-electron chi connectivity index (χ3n) is 4.47. The van der Waals surface area contributed by atoms with Crippen LogP contribution in [0, 0.1) is 0 Å². The van der Waals surface area contributed by atoms with Crippen molar-refractivity contribution in [3.8, 4) is 11.3 Å². The van der Waals surface area contributed by atoms with E-state index in [1.54, 1.807) is 0 Å². The van der Waals surface area contributed by atoms with Gasteiger partial charge in [-0.05, 0) is 23.8 Å². The zero-order chi connectivity index (χ0) is 17.4. The number of ketones is 1. The van der Waals surface area contributed by atoms with Crippen LogP contribution < -0.4 is 0 Å². The summed E-state index contributed by atoms with van der Waals surface area (Å²) in [6.07, 6.45) is 0. The van der Waals surface area contributed by atoms with Crippen LogP contribution in [0.5, 0.6) is 0 Å². The van der Waals surface area contributed by atoms with Crippen LogP contribution in [0.4, 0.5) is 0 Å². The Balaban J connectivity index is 2.07. The molecule has 25 heavy (non-hydrogen) atoms. The van der Waals surface area contributed by atoms with E-state index in [-0.39, 0.29) is 5.78 Å². The predicted octanol–water partition coefficient (Wildman–Crippen LogP) is 5.73. The fourth-order valence-electron chi connectivity index (χ4n) is 3.31. The molecule has 0 saturated heterocycles. The highest BCUT2D eigenvalue weighted by molar-refractivity contribution is 6.32. The average Bonchev–Trinajstić information content (AvgIpc) is 2.94. The van der Waals surface area contributed by atoms with E-state index < -0.39 is 0 Å². The van der Waals surface area contributed by atoms with Gasteiger partial charge in [0, 0.05) is 28.5 Å². The second-order valence-electron chi connectivity index (χ2n) is 6.01. The van der Waals surface area contributed by atoms with Gasteiger partial charge in [0.1, 0.15) is 0 Å². The maximum Gasteiger partial charge on any atom is 0.195 e. The summed E-state index contributed by atoms with van der Waals surface area (Å²) >= 11 is 6.23. The molecule has 0 amide bonds. The molecule has 0 aliphatic carbocycles. The Morgan fingerprint density at radius 2 is 1.52 bits per heavy atom. The SMILES string of the molecule is Cn1c(-c2ccccc2)c(C(=O)c2ccccc2)c2cc(Cl)ccc21. The molecule has 1 heterocycles. The van der Waals surface area contributed by atoms with E-state index >= 15 is 0 Å². The number of hydrogen-bond donors (Lipinski definition) is 0. The molecule has 4 aromatic rings. The van der Waals surface area contributed by atoms with Gasteiger partial charge >= 0.3 is 0 Å². The highest BCUT2D eigenvalue weighted by Crippen LogP contribution is 2.35. The normalized spacial score (nSPS) is 11.0. The number of carbonyl (C=O) groups is 1. The summed E-state index contributed by atoms with van der Waals surface area (Å²) in [6, 6.07) is 25.1. The molecule has 3 aromatic carbocycles. The minimum Gasteiger partial charge on any atom is -0.343 e. The van der Waals surface area contributed by atoms with Crippen LogP contribution in [0.25, 0.3) is 22.2 Å². The third-order valence-corrected chi connectivity index (χ3v) is 4.71. The molecular formula is C22H16ClNO. The van der Waals surface area contributed by atoms with Gasteiger partial charge < -0.3 is 4.57 Å². The predicted molar refractivity (Wildman–Crippen MR) is 103 cm³/mol. The molecule has 2 nitrogen and oxygen atoms in total. The largest absolute Gasteiger partial charge is 0.343 e. The minimum absolute atomic E-state index is 0.00678. The van der Waals surface area contributed by atoms with E-state index in [0.29, 0.717) is 16.1 Å². The van der Waals surface area contributed by atoms with Crippen LogP contribution in [-0.4, -0.2) is 10.4 Å². The van der Waals surface area contributed by atoms with Gasteiger partial charge in [0.05, 0.1) is 11.3 Å². The van der Waals surface area contributed by atoms with Gasteiger partial charge in [0.15, 0.2) is 5.78 Å². The first kappa shape index (κ1) is 15.7. The van der Waals surface area contributed by atoms with E-state index in [0.717, 1.165) is 22.2 Å². The molecule has 4 rings (SSSR count). The van der Waals surface area contributed by atoms with Gasteiger partial charge in [-0.2, -0.15) is 0 Å². The first-order chi connectivity index (χ1) is 12.2. The lowest BCUT2D eigenvalue weighted by atomic mass is 9.97. The fraction of sp³-hybridized carbons (Fsp3) is 0.0455. The molecule has 0 bridgehead atoms. The Bertz CT molecular complexity index is 1070. The lowest BCUT2D eigenvalue weighted by Crippen LogP contribution is -2.03. The lowest BCUT2D eigenvalue weighted by molar-refractivity contribution is 0.104. The maximum atomic E-state index is 13.3. The molecule has 0 N–H and O–H groups in total. The minimum atomic E-state index is 0.00678. The van der Waals surface area contributed by atoms with E-state index in [4.69, 9.17) is 11.6 Å². The van der Waals surface area contributed by atoms with Crippen LogP contribution in [-0.2, 0) is 7.05 Å². The number of benzene rings is 3. The smallest absolute Gasteiger partial charge is 0.195 e. The van der Waals surface area contributed by atoms with E-state index in [1.807, 2.05) is 85.9 Å². The van der Waals surface area contributed by atoms with Gasteiger partial charge in [-0.1, -0.05) is 72.3 Å². The Morgan fingerprint density at radius 1 is 0.880 bits per heavy atom. The Morgan fingerprint density at radius 3 is 2.20 bits per heavy atom. The van der Waals surface area contributed by atoms with Crippen molar-refractivity contribution < 1.29 is 4.79 Å². The van der Waals surface area contributed by atoms with Crippen LogP contribution in [0.2, 0.25) is 5.02 Å². The molecule has 0 aliphatic heterocycles. The number of fused-ring (bicyclic) bond motifs is 1. The molecule has 1 aromatic heterocycles. The molecule has 0 spiro atoms. The summed E-state index contributed by atoms with van der Waals surface area (Å²) in [5.74, 6) is 0.00678. The van der Waals surface area contributed by atoms with Crippen LogP contribution in [0.15, 0.2) is 78.9 Å². The molecule has 122 valence electrons. The van der Waals surface area contributed by atoms with Gasteiger partial charge in [-0.25, -0.2) is 0 Å². The summed E-state index contributed by atoms with van der Waals surface area (Å²) in [7, 11) is 1.99. The second kappa shape index (κ2) is 6.23. The molecule has 0 radical (unpaired) electrons. The zero-order valence-electron chi connectivity index (χ0n) is 13.7. The molecular weight excluding hydrogens is 330 g/mol.